The highest BCUT2D eigenvalue weighted by atomic mass is 19.4. The Bertz CT molecular complexity index is 749. The number of hydrogen-bond donors (Lipinski definition) is 2. The summed E-state index contributed by atoms with van der Waals surface area (Å²) in [6, 6.07) is -0.336. The molecule has 1 aromatic rings. The van der Waals surface area contributed by atoms with Crippen molar-refractivity contribution >= 4 is 17.9 Å². The van der Waals surface area contributed by atoms with Gasteiger partial charge in [0.1, 0.15) is 17.5 Å². The van der Waals surface area contributed by atoms with Gasteiger partial charge in [0.2, 0.25) is 0 Å². The number of carbonyl (C=O) groups excluding carboxylic acids is 1. The zero-order chi connectivity index (χ0) is 21.3. The average molecular weight is 404 g/mol. The van der Waals surface area contributed by atoms with Crippen LogP contribution in [-0.4, -0.2) is 58.3 Å². The number of amides is 1. The third-order valence-electron chi connectivity index (χ3n) is 4.08. The van der Waals surface area contributed by atoms with Gasteiger partial charge in [-0.3, -0.25) is 0 Å². The summed E-state index contributed by atoms with van der Waals surface area (Å²) in [6.45, 7) is 4.81. The standard InChI is InChI=1S/C17H23F3N4O4/c1-16(2,3)28-15(27)23-4-5-24(12(9-23)14(25)26)13-10(7-21)6-11(8-22-13)17(18,19)20/h6,8,12H,4-5,7,9,21H2,1-3H3,(H,25,26)/t12-/m1/s1. The van der Waals surface area contributed by atoms with Crippen LogP contribution in [0.25, 0.3) is 0 Å². The molecule has 1 atom stereocenters. The maximum absolute atomic E-state index is 12.9. The summed E-state index contributed by atoms with van der Waals surface area (Å²) >= 11 is 0. The Morgan fingerprint density at radius 1 is 1.32 bits per heavy atom. The van der Waals surface area contributed by atoms with E-state index in [2.05, 4.69) is 4.98 Å². The molecule has 11 heteroatoms. The van der Waals surface area contributed by atoms with Crippen molar-refractivity contribution in [2.24, 2.45) is 5.73 Å². The SMILES string of the molecule is CC(C)(C)OC(=O)N1CCN(c2ncc(C(F)(F)F)cc2CN)[C@@H](C(=O)O)C1. The van der Waals surface area contributed by atoms with E-state index in [1.807, 2.05) is 0 Å². The Labute approximate surface area is 160 Å². The van der Waals surface area contributed by atoms with Crippen LogP contribution in [0.3, 0.4) is 0 Å². The van der Waals surface area contributed by atoms with Crippen LogP contribution in [0.4, 0.5) is 23.8 Å². The minimum absolute atomic E-state index is 0.0571. The largest absolute Gasteiger partial charge is 0.480 e. The van der Waals surface area contributed by atoms with Gasteiger partial charge in [0.25, 0.3) is 0 Å². The van der Waals surface area contributed by atoms with Gasteiger partial charge in [-0.15, -0.1) is 0 Å². The lowest BCUT2D eigenvalue weighted by Crippen LogP contribution is -2.59. The maximum Gasteiger partial charge on any atom is 0.417 e. The number of anilines is 1. The molecule has 0 saturated carbocycles. The minimum Gasteiger partial charge on any atom is -0.480 e. The van der Waals surface area contributed by atoms with Crippen molar-refractivity contribution in [1.82, 2.24) is 9.88 Å². The number of ether oxygens (including phenoxy) is 1. The van der Waals surface area contributed by atoms with Crippen LogP contribution in [-0.2, 0) is 22.3 Å². The van der Waals surface area contributed by atoms with E-state index in [1.165, 1.54) is 9.80 Å². The summed E-state index contributed by atoms with van der Waals surface area (Å²) < 4.78 is 44.0. The molecule has 3 N–H and O–H groups in total. The lowest BCUT2D eigenvalue weighted by Gasteiger charge is -2.40. The summed E-state index contributed by atoms with van der Waals surface area (Å²) in [5.41, 5.74) is 3.94. The van der Waals surface area contributed by atoms with Crippen LogP contribution in [0, 0.1) is 0 Å². The van der Waals surface area contributed by atoms with E-state index in [4.69, 9.17) is 10.5 Å². The van der Waals surface area contributed by atoms with Crippen molar-refractivity contribution in [3.63, 3.8) is 0 Å². The molecule has 1 aliphatic rings. The first kappa shape index (κ1) is 21.7. The number of alkyl halides is 3. The van der Waals surface area contributed by atoms with E-state index in [-0.39, 0.29) is 37.6 Å². The fourth-order valence-electron chi connectivity index (χ4n) is 2.81. The smallest absolute Gasteiger partial charge is 0.417 e. The highest BCUT2D eigenvalue weighted by Crippen LogP contribution is 2.32. The molecule has 156 valence electrons. The zero-order valence-electron chi connectivity index (χ0n) is 15.8. The number of pyridine rings is 1. The quantitative estimate of drug-likeness (QED) is 0.794. The number of aliphatic carboxylic acids is 1. The molecule has 1 saturated heterocycles. The van der Waals surface area contributed by atoms with Gasteiger partial charge in [0, 0.05) is 31.4 Å². The summed E-state index contributed by atoms with van der Waals surface area (Å²) in [4.78, 5) is 30.4. The van der Waals surface area contributed by atoms with E-state index in [0.29, 0.717) is 6.20 Å². The van der Waals surface area contributed by atoms with E-state index in [1.54, 1.807) is 20.8 Å². The molecular weight excluding hydrogens is 381 g/mol. The molecule has 0 aromatic carbocycles. The normalized spacial score (nSPS) is 18.2. The summed E-state index contributed by atoms with van der Waals surface area (Å²) in [7, 11) is 0. The van der Waals surface area contributed by atoms with Gasteiger partial charge in [0.15, 0.2) is 0 Å². The number of carbonyl (C=O) groups is 2. The number of piperazine rings is 1. The Balaban J connectivity index is 2.29. The van der Waals surface area contributed by atoms with Gasteiger partial charge >= 0.3 is 18.2 Å². The number of carboxylic acids is 1. The molecule has 28 heavy (non-hydrogen) atoms. The van der Waals surface area contributed by atoms with Gasteiger partial charge in [0.05, 0.1) is 12.1 Å². The number of nitrogens with zero attached hydrogens (tertiary/aromatic N) is 3. The third kappa shape index (κ3) is 5.03. The minimum atomic E-state index is -4.59. The molecule has 0 unspecified atom stereocenters. The van der Waals surface area contributed by atoms with Crippen molar-refractivity contribution in [2.45, 2.75) is 45.1 Å². The number of hydrogen-bond acceptors (Lipinski definition) is 6. The topological polar surface area (TPSA) is 109 Å². The Kier molecular flexibility index (Phi) is 6.07. The highest BCUT2D eigenvalue weighted by Gasteiger charge is 2.38. The maximum atomic E-state index is 12.9. The van der Waals surface area contributed by atoms with Crippen LogP contribution in [0.1, 0.15) is 31.9 Å². The lowest BCUT2D eigenvalue weighted by molar-refractivity contribution is -0.140. The first-order chi connectivity index (χ1) is 12.8. The molecule has 1 fully saturated rings. The molecule has 1 aromatic heterocycles. The third-order valence-corrected chi connectivity index (χ3v) is 4.08. The molecule has 1 amide bonds. The molecule has 0 spiro atoms. The summed E-state index contributed by atoms with van der Waals surface area (Å²) in [5.74, 6) is -1.18. The Morgan fingerprint density at radius 3 is 2.46 bits per heavy atom. The van der Waals surface area contributed by atoms with Crippen LogP contribution in [0.5, 0.6) is 0 Å². The zero-order valence-corrected chi connectivity index (χ0v) is 15.8. The number of aromatic nitrogens is 1. The summed E-state index contributed by atoms with van der Waals surface area (Å²) in [6.07, 6.45) is -4.59. The molecular formula is C17H23F3N4O4. The molecule has 0 radical (unpaired) electrons. The fraction of sp³-hybridized carbons (Fsp3) is 0.588. The fourth-order valence-corrected chi connectivity index (χ4v) is 2.81. The second-order valence-electron chi connectivity index (χ2n) is 7.38. The van der Waals surface area contributed by atoms with Gasteiger partial charge in [-0.25, -0.2) is 14.6 Å². The second-order valence-corrected chi connectivity index (χ2v) is 7.38. The van der Waals surface area contributed by atoms with Crippen molar-refractivity contribution in [3.05, 3.63) is 23.4 Å². The van der Waals surface area contributed by atoms with E-state index < -0.39 is 35.4 Å². The molecule has 0 aliphatic carbocycles. The number of rotatable bonds is 3. The first-order valence-electron chi connectivity index (χ1n) is 8.57. The van der Waals surface area contributed by atoms with Crippen molar-refractivity contribution < 1.29 is 32.6 Å². The summed E-state index contributed by atoms with van der Waals surface area (Å²) in [5, 5.41) is 9.59. The first-order valence-corrected chi connectivity index (χ1v) is 8.57. The van der Waals surface area contributed by atoms with Gasteiger partial charge in [-0.05, 0) is 26.8 Å². The monoisotopic (exact) mass is 404 g/mol. The van der Waals surface area contributed by atoms with Crippen LogP contribution < -0.4 is 10.6 Å². The van der Waals surface area contributed by atoms with E-state index in [9.17, 15) is 27.9 Å². The molecule has 2 heterocycles. The predicted octanol–water partition coefficient (Wildman–Crippen LogP) is 2.07. The number of halogens is 3. The Morgan fingerprint density at radius 2 is 1.96 bits per heavy atom. The van der Waals surface area contributed by atoms with E-state index >= 15 is 0 Å². The predicted molar refractivity (Wildman–Crippen MR) is 93.7 cm³/mol. The van der Waals surface area contributed by atoms with Crippen molar-refractivity contribution in [3.8, 4) is 0 Å². The average Bonchev–Trinajstić information content (AvgIpc) is 2.58. The molecule has 1 aliphatic heterocycles. The van der Waals surface area contributed by atoms with Crippen LogP contribution in [0.15, 0.2) is 12.3 Å². The highest BCUT2D eigenvalue weighted by molar-refractivity contribution is 5.80. The second kappa shape index (κ2) is 7.82. The molecule has 0 bridgehead atoms. The molecule has 2 rings (SSSR count). The van der Waals surface area contributed by atoms with Crippen LogP contribution in [0.2, 0.25) is 0 Å². The number of nitrogens with two attached hydrogens (primary N) is 1. The van der Waals surface area contributed by atoms with Crippen molar-refractivity contribution in [1.29, 1.82) is 0 Å². The van der Waals surface area contributed by atoms with Crippen LogP contribution >= 0.6 is 0 Å². The van der Waals surface area contributed by atoms with Gasteiger partial charge in [-0.2, -0.15) is 13.2 Å². The van der Waals surface area contributed by atoms with Gasteiger partial charge in [-0.1, -0.05) is 0 Å². The Hall–Kier alpha value is -2.56. The number of carboxylic acid groups (broad SMARTS) is 1. The molecule has 8 nitrogen and oxygen atoms in total. The van der Waals surface area contributed by atoms with Gasteiger partial charge < -0.3 is 25.4 Å². The van der Waals surface area contributed by atoms with Crippen molar-refractivity contribution in [2.75, 3.05) is 24.5 Å². The lowest BCUT2D eigenvalue weighted by atomic mass is 10.1. The van der Waals surface area contributed by atoms with E-state index in [0.717, 1.165) is 6.07 Å².